The second-order valence-corrected chi connectivity index (χ2v) is 3.64. The van der Waals surface area contributed by atoms with Gasteiger partial charge in [-0.3, -0.25) is 4.79 Å². The van der Waals surface area contributed by atoms with E-state index >= 15 is 0 Å². The summed E-state index contributed by atoms with van der Waals surface area (Å²) in [6.45, 7) is 3.16. The van der Waals surface area contributed by atoms with E-state index in [4.69, 9.17) is 0 Å². The largest absolute Gasteiger partial charge is 0.314 e. The van der Waals surface area contributed by atoms with Gasteiger partial charge in [-0.1, -0.05) is 13.3 Å². The molecule has 2 heteroatoms. The molecule has 1 atom stereocenters. The van der Waals surface area contributed by atoms with Crippen molar-refractivity contribution < 1.29 is 4.79 Å². The molecular weight excluding hydrogens is 150 g/mol. The van der Waals surface area contributed by atoms with Crippen LogP contribution in [-0.2, 0) is 4.79 Å². The molecule has 0 saturated carbocycles. The molecule has 2 nitrogen and oxygen atoms in total. The number of nitrogens with one attached hydrogen (secondary N) is 1. The molecule has 0 amide bonds. The van der Waals surface area contributed by atoms with Crippen LogP contribution in [0.15, 0.2) is 0 Å². The van der Waals surface area contributed by atoms with Gasteiger partial charge in [0.05, 0.1) is 0 Å². The van der Waals surface area contributed by atoms with Crippen molar-refractivity contribution in [3.63, 3.8) is 0 Å². The van der Waals surface area contributed by atoms with Crippen LogP contribution in [0.5, 0.6) is 0 Å². The van der Waals surface area contributed by atoms with E-state index in [9.17, 15) is 4.79 Å². The van der Waals surface area contributed by atoms with Crippen molar-refractivity contribution in [2.24, 2.45) is 0 Å². The zero-order valence-corrected chi connectivity index (χ0v) is 7.94. The van der Waals surface area contributed by atoms with Crippen LogP contribution in [0.2, 0.25) is 0 Å². The zero-order valence-electron chi connectivity index (χ0n) is 7.94. The van der Waals surface area contributed by atoms with Gasteiger partial charge in [-0.2, -0.15) is 0 Å². The first-order chi connectivity index (χ1) is 5.83. The molecule has 1 saturated heterocycles. The summed E-state index contributed by atoms with van der Waals surface area (Å²) in [5.74, 6) is 0.428. The van der Waals surface area contributed by atoms with Crippen molar-refractivity contribution in [2.75, 3.05) is 6.54 Å². The predicted octanol–water partition coefficient (Wildman–Crippen LogP) is 1.89. The van der Waals surface area contributed by atoms with Gasteiger partial charge in [-0.05, 0) is 25.8 Å². The highest BCUT2D eigenvalue weighted by atomic mass is 16.1. The first-order valence-electron chi connectivity index (χ1n) is 5.08. The third-order valence-corrected chi connectivity index (χ3v) is 2.42. The molecule has 0 radical (unpaired) electrons. The summed E-state index contributed by atoms with van der Waals surface area (Å²) in [7, 11) is 0. The van der Waals surface area contributed by atoms with Crippen molar-refractivity contribution in [3.05, 3.63) is 0 Å². The quantitative estimate of drug-likeness (QED) is 0.696. The van der Waals surface area contributed by atoms with Gasteiger partial charge in [-0.25, -0.2) is 0 Å². The number of ketones is 1. The monoisotopic (exact) mass is 169 g/mol. The predicted molar refractivity (Wildman–Crippen MR) is 50.2 cm³/mol. The summed E-state index contributed by atoms with van der Waals surface area (Å²) in [6, 6.07) is 0.484. The van der Waals surface area contributed by atoms with Gasteiger partial charge >= 0.3 is 0 Å². The van der Waals surface area contributed by atoms with E-state index in [0.717, 1.165) is 25.8 Å². The fraction of sp³-hybridized carbons (Fsp3) is 0.900. The molecule has 1 aliphatic rings. The van der Waals surface area contributed by atoms with Crippen molar-refractivity contribution >= 4 is 5.78 Å². The molecule has 1 rings (SSSR count). The summed E-state index contributed by atoms with van der Waals surface area (Å²) in [4.78, 5) is 11.3. The molecule has 1 heterocycles. The first kappa shape index (κ1) is 9.72. The Labute approximate surface area is 74.7 Å². The second-order valence-electron chi connectivity index (χ2n) is 3.64. The van der Waals surface area contributed by atoms with E-state index in [0.29, 0.717) is 11.8 Å². The average molecular weight is 169 g/mol. The van der Waals surface area contributed by atoms with Gasteiger partial charge < -0.3 is 5.32 Å². The number of carbonyl (C=O) groups is 1. The van der Waals surface area contributed by atoms with Crippen molar-refractivity contribution in [2.45, 2.75) is 51.5 Å². The minimum atomic E-state index is 0.428. The van der Waals surface area contributed by atoms with Gasteiger partial charge in [0, 0.05) is 18.9 Å². The Kier molecular flexibility index (Phi) is 4.30. The van der Waals surface area contributed by atoms with Crippen LogP contribution in [-0.4, -0.2) is 18.4 Å². The fourth-order valence-corrected chi connectivity index (χ4v) is 1.75. The van der Waals surface area contributed by atoms with Crippen LogP contribution in [0.3, 0.4) is 0 Å². The van der Waals surface area contributed by atoms with Crippen molar-refractivity contribution in [3.8, 4) is 0 Å². The van der Waals surface area contributed by atoms with Crippen LogP contribution >= 0.6 is 0 Å². The lowest BCUT2D eigenvalue weighted by Crippen LogP contribution is -2.35. The Balaban J connectivity index is 2.15. The fourth-order valence-electron chi connectivity index (χ4n) is 1.75. The molecule has 0 unspecified atom stereocenters. The van der Waals surface area contributed by atoms with Crippen LogP contribution < -0.4 is 5.32 Å². The number of piperidine rings is 1. The van der Waals surface area contributed by atoms with Crippen molar-refractivity contribution in [1.82, 2.24) is 5.32 Å². The van der Waals surface area contributed by atoms with Crippen LogP contribution in [0.1, 0.15) is 45.4 Å². The number of hydrogen-bond acceptors (Lipinski definition) is 2. The molecule has 0 aliphatic carbocycles. The molecule has 0 aromatic rings. The topological polar surface area (TPSA) is 29.1 Å². The summed E-state index contributed by atoms with van der Waals surface area (Å²) in [5.41, 5.74) is 0. The highest BCUT2D eigenvalue weighted by Gasteiger charge is 2.15. The summed E-state index contributed by atoms with van der Waals surface area (Å²) >= 11 is 0. The lowest BCUT2D eigenvalue weighted by Gasteiger charge is -2.22. The number of rotatable bonds is 4. The third-order valence-electron chi connectivity index (χ3n) is 2.42. The lowest BCUT2D eigenvalue weighted by molar-refractivity contribution is -0.119. The molecule has 0 spiro atoms. The standard InChI is InChI=1S/C10H19NO/c1-2-5-10(12)8-9-6-3-4-7-11-9/h9,11H,2-8H2,1H3/t9-/m1/s1. The normalized spacial score (nSPS) is 23.9. The highest BCUT2D eigenvalue weighted by molar-refractivity contribution is 5.78. The van der Waals surface area contributed by atoms with Crippen LogP contribution in [0.25, 0.3) is 0 Å². The Hall–Kier alpha value is -0.370. The van der Waals surface area contributed by atoms with Gasteiger partial charge in [0.25, 0.3) is 0 Å². The summed E-state index contributed by atoms with van der Waals surface area (Å²) in [5, 5.41) is 3.39. The van der Waals surface area contributed by atoms with Crippen LogP contribution in [0.4, 0.5) is 0 Å². The van der Waals surface area contributed by atoms with E-state index < -0.39 is 0 Å². The van der Waals surface area contributed by atoms with E-state index in [2.05, 4.69) is 12.2 Å². The van der Waals surface area contributed by atoms with Gasteiger partial charge in [0.2, 0.25) is 0 Å². The number of carbonyl (C=O) groups excluding carboxylic acids is 1. The minimum absolute atomic E-state index is 0.428. The first-order valence-corrected chi connectivity index (χ1v) is 5.08. The maximum atomic E-state index is 11.3. The number of hydrogen-bond donors (Lipinski definition) is 1. The Morgan fingerprint density at radius 2 is 2.33 bits per heavy atom. The molecule has 0 aromatic heterocycles. The average Bonchev–Trinajstić information content (AvgIpc) is 2.06. The van der Waals surface area contributed by atoms with Gasteiger partial charge in [0.1, 0.15) is 5.78 Å². The van der Waals surface area contributed by atoms with E-state index in [1.165, 1.54) is 19.3 Å². The molecule has 0 aromatic carbocycles. The maximum absolute atomic E-state index is 11.3. The Morgan fingerprint density at radius 3 is 2.92 bits per heavy atom. The smallest absolute Gasteiger partial charge is 0.134 e. The Bertz CT molecular complexity index is 139. The zero-order chi connectivity index (χ0) is 8.81. The minimum Gasteiger partial charge on any atom is -0.314 e. The van der Waals surface area contributed by atoms with E-state index in [1.54, 1.807) is 0 Å². The SMILES string of the molecule is CCCC(=O)C[C@H]1CCCCN1. The van der Waals surface area contributed by atoms with Crippen molar-refractivity contribution in [1.29, 1.82) is 0 Å². The molecule has 1 N–H and O–H groups in total. The van der Waals surface area contributed by atoms with E-state index in [1.807, 2.05) is 0 Å². The van der Waals surface area contributed by atoms with Gasteiger partial charge in [0.15, 0.2) is 0 Å². The summed E-state index contributed by atoms with van der Waals surface area (Å²) < 4.78 is 0. The molecular formula is C10H19NO. The molecule has 12 heavy (non-hydrogen) atoms. The van der Waals surface area contributed by atoms with Gasteiger partial charge in [-0.15, -0.1) is 0 Å². The maximum Gasteiger partial charge on any atom is 0.134 e. The second kappa shape index (κ2) is 5.31. The Morgan fingerprint density at radius 1 is 1.50 bits per heavy atom. The summed E-state index contributed by atoms with van der Waals surface area (Å²) in [6.07, 6.45) is 6.27. The molecule has 1 fully saturated rings. The molecule has 1 aliphatic heterocycles. The third kappa shape index (κ3) is 3.35. The molecule has 70 valence electrons. The lowest BCUT2D eigenvalue weighted by atomic mass is 9.99. The highest BCUT2D eigenvalue weighted by Crippen LogP contribution is 2.11. The molecule has 0 bridgehead atoms. The number of Topliss-reactive ketones (excluding diaryl/α,β-unsaturated/α-hetero) is 1. The van der Waals surface area contributed by atoms with E-state index in [-0.39, 0.29) is 0 Å². The van der Waals surface area contributed by atoms with Crippen LogP contribution in [0, 0.1) is 0 Å².